The summed E-state index contributed by atoms with van der Waals surface area (Å²) >= 11 is 0. The normalized spacial score (nSPS) is 24.3. The molecular weight excluding hydrogens is 270 g/mol. The van der Waals surface area contributed by atoms with E-state index in [1.807, 2.05) is 24.6 Å². The Balaban J connectivity index is 1.99. The zero-order valence-corrected chi connectivity index (χ0v) is 13.2. The van der Waals surface area contributed by atoms with E-state index in [4.69, 9.17) is 18.8 Å². The van der Waals surface area contributed by atoms with Crippen LogP contribution in [0.3, 0.4) is 0 Å². The summed E-state index contributed by atoms with van der Waals surface area (Å²) in [4.78, 5) is 0. The molecule has 0 spiro atoms. The Kier molecular flexibility index (Phi) is 3.90. The zero-order chi connectivity index (χ0) is 15.1. The highest BCUT2D eigenvalue weighted by Gasteiger charge is 2.59. The molecule has 3 heterocycles. The van der Waals surface area contributed by atoms with Crippen LogP contribution in [-0.4, -0.2) is 49.4 Å². The second-order valence-electron chi connectivity index (χ2n) is 6.49. The van der Waals surface area contributed by atoms with E-state index in [2.05, 4.69) is 18.9 Å². The number of rotatable bonds is 3. The number of hydrogen-bond acceptors (Lipinski definition) is 5. The standard InChI is InChI=1S/C13H22B2N2O4/c1-10(2)17-11(5-6-16-17)13(18-8-14-9-19-13)15-20-7-12(3,4)21-15/h5-6,10,14H,7-9H2,1-4H3. The van der Waals surface area contributed by atoms with Gasteiger partial charge in [0.1, 0.15) is 0 Å². The van der Waals surface area contributed by atoms with Crippen LogP contribution in [0.1, 0.15) is 39.4 Å². The summed E-state index contributed by atoms with van der Waals surface area (Å²) in [6, 6.07) is 2.12. The fourth-order valence-electron chi connectivity index (χ4n) is 2.78. The summed E-state index contributed by atoms with van der Waals surface area (Å²) < 4.78 is 25.9. The number of ether oxygens (including phenoxy) is 2. The van der Waals surface area contributed by atoms with Crippen LogP contribution in [0.5, 0.6) is 0 Å². The fourth-order valence-corrected chi connectivity index (χ4v) is 2.78. The Morgan fingerprint density at radius 2 is 2.05 bits per heavy atom. The summed E-state index contributed by atoms with van der Waals surface area (Å²) in [6.45, 7) is 9.91. The molecule has 0 aromatic carbocycles. The van der Waals surface area contributed by atoms with E-state index in [1.54, 1.807) is 6.20 Å². The van der Waals surface area contributed by atoms with Gasteiger partial charge in [-0.3, -0.25) is 4.68 Å². The molecular formula is C13H22B2N2O4. The molecule has 0 saturated carbocycles. The first-order valence-electron chi connectivity index (χ1n) is 7.56. The van der Waals surface area contributed by atoms with Crippen molar-refractivity contribution in [1.29, 1.82) is 0 Å². The van der Waals surface area contributed by atoms with Gasteiger partial charge in [0.2, 0.25) is 5.69 Å². The first-order chi connectivity index (χ1) is 9.95. The van der Waals surface area contributed by atoms with E-state index in [0.717, 1.165) is 13.0 Å². The van der Waals surface area contributed by atoms with Crippen LogP contribution in [0.2, 0.25) is 0 Å². The van der Waals surface area contributed by atoms with Crippen molar-refractivity contribution < 1.29 is 18.8 Å². The van der Waals surface area contributed by atoms with Crippen molar-refractivity contribution >= 4 is 14.4 Å². The molecule has 6 nitrogen and oxygen atoms in total. The summed E-state index contributed by atoms with van der Waals surface area (Å²) in [5.41, 5.74) is -0.531. The predicted molar refractivity (Wildman–Crippen MR) is 80.2 cm³/mol. The Morgan fingerprint density at radius 3 is 2.62 bits per heavy atom. The molecule has 1 aromatic rings. The van der Waals surface area contributed by atoms with Gasteiger partial charge in [0, 0.05) is 25.3 Å². The summed E-state index contributed by atoms with van der Waals surface area (Å²) in [7, 11) is 0.287. The van der Waals surface area contributed by atoms with Gasteiger partial charge in [-0.05, 0) is 33.8 Å². The van der Waals surface area contributed by atoms with Gasteiger partial charge in [0.15, 0.2) is 7.28 Å². The van der Waals surface area contributed by atoms with Crippen LogP contribution < -0.4 is 0 Å². The minimum Gasteiger partial charge on any atom is -0.404 e. The third kappa shape index (κ3) is 2.65. The monoisotopic (exact) mass is 292 g/mol. The maximum Gasteiger partial charge on any atom is 0.528 e. The third-order valence-electron chi connectivity index (χ3n) is 3.76. The molecule has 0 bridgehead atoms. The molecule has 8 heteroatoms. The second-order valence-corrected chi connectivity index (χ2v) is 6.49. The van der Waals surface area contributed by atoms with Gasteiger partial charge in [0.05, 0.1) is 17.9 Å². The van der Waals surface area contributed by atoms with Crippen LogP contribution >= 0.6 is 0 Å². The maximum absolute atomic E-state index is 6.04. The molecule has 0 N–H and O–H groups in total. The Bertz CT molecular complexity index is 500. The van der Waals surface area contributed by atoms with Crippen LogP contribution in [0, 0.1) is 0 Å². The highest BCUT2D eigenvalue weighted by Crippen LogP contribution is 2.38. The van der Waals surface area contributed by atoms with Gasteiger partial charge in [-0.15, -0.1) is 0 Å². The minimum absolute atomic E-state index is 0.204. The van der Waals surface area contributed by atoms with E-state index in [0.29, 0.717) is 19.6 Å². The Morgan fingerprint density at radius 1 is 1.33 bits per heavy atom. The molecule has 2 saturated heterocycles. The summed E-state index contributed by atoms with van der Waals surface area (Å²) in [6.07, 6.45) is 1.76. The van der Waals surface area contributed by atoms with E-state index < -0.39 is 12.8 Å². The van der Waals surface area contributed by atoms with Crippen molar-refractivity contribution in [2.75, 3.05) is 19.6 Å². The fraction of sp³-hybridized carbons (Fsp3) is 0.769. The first kappa shape index (κ1) is 15.1. The molecule has 2 aliphatic heterocycles. The van der Waals surface area contributed by atoms with Crippen molar-refractivity contribution in [1.82, 2.24) is 9.78 Å². The van der Waals surface area contributed by atoms with Crippen LogP contribution in [0.4, 0.5) is 0 Å². The van der Waals surface area contributed by atoms with Crippen LogP contribution in [0.25, 0.3) is 0 Å². The lowest BCUT2D eigenvalue weighted by Crippen LogP contribution is -2.55. The summed E-state index contributed by atoms with van der Waals surface area (Å²) in [5.74, 6) is 0. The largest absolute Gasteiger partial charge is 0.528 e. The number of aromatic nitrogens is 2. The molecule has 0 amide bonds. The van der Waals surface area contributed by atoms with Gasteiger partial charge in [-0.2, -0.15) is 5.10 Å². The predicted octanol–water partition coefficient (Wildman–Crippen LogP) is 0.868. The van der Waals surface area contributed by atoms with E-state index in [9.17, 15) is 0 Å². The Labute approximate surface area is 126 Å². The molecule has 2 aliphatic rings. The highest BCUT2D eigenvalue weighted by atomic mass is 16.7. The molecule has 2 fully saturated rings. The van der Waals surface area contributed by atoms with Crippen molar-refractivity contribution in [3.8, 4) is 0 Å². The van der Waals surface area contributed by atoms with Crippen molar-refractivity contribution in [3.63, 3.8) is 0 Å². The second kappa shape index (κ2) is 5.43. The van der Waals surface area contributed by atoms with Crippen LogP contribution in [0.15, 0.2) is 12.3 Å². The molecule has 0 unspecified atom stereocenters. The number of hydrogen-bond donors (Lipinski definition) is 0. The van der Waals surface area contributed by atoms with Gasteiger partial charge in [0.25, 0.3) is 0 Å². The Hall–Kier alpha value is -0.820. The molecule has 1 aromatic heterocycles. The van der Waals surface area contributed by atoms with Gasteiger partial charge in [-0.1, -0.05) is 0 Å². The number of nitrogens with zero attached hydrogens (tertiary/aromatic N) is 2. The third-order valence-corrected chi connectivity index (χ3v) is 3.76. The van der Waals surface area contributed by atoms with Crippen molar-refractivity contribution in [2.45, 2.75) is 45.0 Å². The van der Waals surface area contributed by atoms with E-state index >= 15 is 0 Å². The molecule has 0 aliphatic carbocycles. The molecule has 0 radical (unpaired) electrons. The molecule has 3 rings (SSSR count). The molecule has 21 heavy (non-hydrogen) atoms. The minimum atomic E-state index is -1.03. The topological polar surface area (TPSA) is 54.7 Å². The van der Waals surface area contributed by atoms with Gasteiger partial charge in [-0.25, -0.2) is 0 Å². The first-order valence-corrected chi connectivity index (χ1v) is 7.56. The highest BCUT2D eigenvalue weighted by molar-refractivity contribution is 6.48. The smallest absolute Gasteiger partial charge is 0.404 e. The van der Waals surface area contributed by atoms with Gasteiger partial charge < -0.3 is 18.8 Å². The molecule has 0 atom stereocenters. The summed E-state index contributed by atoms with van der Waals surface area (Å²) in [5, 5.41) is 4.39. The quantitative estimate of drug-likeness (QED) is 0.774. The SMILES string of the molecule is CC(C)n1nccc1C1(B2OCC(C)(C)O2)OCBCO1. The van der Waals surface area contributed by atoms with Crippen molar-refractivity contribution in [3.05, 3.63) is 18.0 Å². The average Bonchev–Trinajstić information content (AvgIpc) is 3.06. The average molecular weight is 292 g/mol. The van der Waals surface area contributed by atoms with Crippen molar-refractivity contribution in [2.24, 2.45) is 0 Å². The maximum atomic E-state index is 6.04. The molecule has 114 valence electrons. The lowest BCUT2D eigenvalue weighted by molar-refractivity contribution is -0.202. The van der Waals surface area contributed by atoms with Crippen LogP contribution in [-0.2, 0) is 24.5 Å². The van der Waals surface area contributed by atoms with E-state index in [-0.39, 0.29) is 11.6 Å². The lowest BCUT2D eigenvalue weighted by Gasteiger charge is -2.38. The zero-order valence-electron chi connectivity index (χ0n) is 13.2. The lowest BCUT2D eigenvalue weighted by atomic mass is 9.70. The van der Waals surface area contributed by atoms with Gasteiger partial charge >= 0.3 is 7.12 Å². The van der Waals surface area contributed by atoms with E-state index in [1.165, 1.54) is 0 Å².